The van der Waals surface area contributed by atoms with Gasteiger partial charge in [0.05, 0.1) is 19.8 Å². The minimum atomic E-state index is -0.356. The second kappa shape index (κ2) is 28.7. The van der Waals surface area contributed by atoms with Gasteiger partial charge in [-0.05, 0) is 25.7 Å². The van der Waals surface area contributed by atoms with Crippen LogP contribution in [0.1, 0.15) is 149 Å². The number of hydrogen-bond donors (Lipinski definition) is 0. The molecule has 0 aliphatic heterocycles. The number of hydrogen-bond acceptors (Lipinski definition) is 4. The second-order valence-corrected chi connectivity index (χ2v) is 10.7. The van der Waals surface area contributed by atoms with Crippen molar-refractivity contribution in [3.8, 4) is 0 Å². The van der Waals surface area contributed by atoms with E-state index in [0.717, 1.165) is 6.61 Å². The van der Waals surface area contributed by atoms with E-state index in [1.54, 1.807) is 6.92 Å². The van der Waals surface area contributed by atoms with E-state index in [1.807, 2.05) is 0 Å². The Labute approximate surface area is 225 Å². The summed E-state index contributed by atoms with van der Waals surface area (Å²) in [5.41, 5.74) is 0.420. The summed E-state index contributed by atoms with van der Waals surface area (Å²) < 4.78 is 16.6. The maximum Gasteiger partial charge on any atom is 0.333 e. The lowest BCUT2D eigenvalue weighted by molar-refractivity contribution is -0.140. The first-order chi connectivity index (χ1) is 17.6. The zero-order valence-corrected chi connectivity index (χ0v) is 24.6. The number of carbonyl (C=O) groups is 1. The minimum Gasteiger partial charge on any atom is -0.460 e. The highest BCUT2D eigenvalue weighted by Crippen LogP contribution is 2.20. The van der Waals surface area contributed by atoms with E-state index < -0.39 is 0 Å². The van der Waals surface area contributed by atoms with Crippen molar-refractivity contribution in [1.82, 2.24) is 0 Å². The number of ether oxygens (including phenoxy) is 3. The molecular weight excluding hydrogens is 448 g/mol. The summed E-state index contributed by atoms with van der Waals surface area (Å²) in [4.78, 5) is 11.3. The van der Waals surface area contributed by atoms with Crippen LogP contribution in [0.4, 0.5) is 0 Å². The van der Waals surface area contributed by atoms with Crippen molar-refractivity contribution in [3.63, 3.8) is 0 Å². The number of carbonyl (C=O) groups excluding carboxylic acids is 1. The highest BCUT2D eigenvalue weighted by Gasteiger charge is 2.09. The molecule has 0 aliphatic rings. The smallest absolute Gasteiger partial charge is 0.333 e. The van der Waals surface area contributed by atoms with Gasteiger partial charge in [-0.15, -0.1) is 0 Å². The van der Waals surface area contributed by atoms with Crippen molar-refractivity contribution in [2.75, 3.05) is 33.0 Å². The SMILES string of the molecule is C=C(C)C(=O)OCCOCCOCC(CCCCCCCCCC)CCCCCCCCCCCC. The molecule has 214 valence electrons. The predicted molar refractivity (Wildman–Crippen MR) is 155 cm³/mol. The fourth-order valence-electron chi connectivity index (χ4n) is 4.58. The Morgan fingerprint density at radius 1 is 0.583 bits per heavy atom. The summed E-state index contributed by atoms with van der Waals surface area (Å²) >= 11 is 0. The molecule has 0 aliphatic carbocycles. The van der Waals surface area contributed by atoms with Crippen LogP contribution < -0.4 is 0 Å². The average Bonchev–Trinajstić information content (AvgIpc) is 2.87. The molecule has 0 amide bonds. The van der Waals surface area contributed by atoms with Crippen molar-refractivity contribution in [3.05, 3.63) is 12.2 Å². The van der Waals surface area contributed by atoms with E-state index >= 15 is 0 Å². The first-order valence-corrected chi connectivity index (χ1v) is 15.6. The van der Waals surface area contributed by atoms with Crippen LogP contribution in [-0.4, -0.2) is 39.0 Å². The molecule has 0 rings (SSSR count). The first-order valence-electron chi connectivity index (χ1n) is 15.6. The summed E-state index contributed by atoms with van der Waals surface area (Å²) in [7, 11) is 0. The molecule has 0 radical (unpaired) electrons. The maximum atomic E-state index is 11.3. The summed E-state index contributed by atoms with van der Waals surface area (Å²) in [6.07, 6.45) is 27.6. The van der Waals surface area contributed by atoms with Gasteiger partial charge in [-0.3, -0.25) is 0 Å². The van der Waals surface area contributed by atoms with Gasteiger partial charge < -0.3 is 14.2 Å². The monoisotopic (exact) mass is 510 g/mol. The number of rotatable bonds is 29. The van der Waals surface area contributed by atoms with Gasteiger partial charge >= 0.3 is 5.97 Å². The molecule has 1 atom stereocenters. The van der Waals surface area contributed by atoms with Crippen molar-refractivity contribution >= 4 is 5.97 Å². The van der Waals surface area contributed by atoms with Crippen LogP contribution in [0.15, 0.2) is 12.2 Å². The third-order valence-electron chi connectivity index (χ3n) is 6.97. The van der Waals surface area contributed by atoms with E-state index in [1.165, 1.54) is 128 Å². The second-order valence-electron chi connectivity index (χ2n) is 10.7. The van der Waals surface area contributed by atoms with Crippen LogP contribution in [0.25, 0.3) is 0 Å². The summed E-state index contributed by atoms with van der Waals surface area (Å²) in [6.45, 7) is 12.5. The molecule has 0 N–H and O–H groups in total. The average molecular weight is 511 g/mol. The van der Waals surface area contributed by atoms with E-state index in [4.69, 9.17) is 14.2 Å². The fourth-order valence-corrected chi connectivity index (χ4v) is 4.58. The number of esters is 1. The molecule has 4 heteroatoms. The summed E-state index contributed by atoms with van der Waals surface area (Å²) in [6, 6.07) is 0. The van der Waals surface area contributed by atoms with Gasteiger partial charge in [-0.25, -0.2) is 4.79 Å². The van der Waals surface area contributed by atoms with Crippen LogP contribution in [0, 0.1) is 5.92 Å². The molecule has 0 fully saturated rings. The molecule has 0 aromatic heterocycles. The summed E-state index contributed by atoms with van der Waals surface area (Å²) in [5, 5.41) is 0. The Morgan fingerprint density at radius 2 is 0.972 bits per heavy atom. The Hall–Kier alpha value is -0.870. The Bertz CT molecular complexity index is 477. The Kier molecular flexibility index (Phi) is 28.0. The molecule has 0 spiro atoms. The molecular formula is C32H62O4. The van der Waals surface area contributed by atoms with E-state index in [-0.39, 0.29) is 12.6 Å². The van der Waals surface area contributed by atoms with Crippen molar-refractivity contribution in [2.24, 2.45) is 5.92 Å². The van der Waals surface area contributed by atoms with Gasteiger partial charge in [0.1, 0.15) is 6.61 Å². The van der Waals surface area contributed by atoms with Crippen LogP contribution >= 0.6 is 0 Å². The molecule has 36 heavy (non-hydrogen) atoms. The number of unbranched alkanes of at least 4 members (excludes halogenated alkanes) is 16. The minimum absolute atomic E-state index is 0.269. The Balaban J connectivity index is 3.93. The normalized spacial score (nSPS) is 12.1. The fraction of sp³-hybridized carbons (Fsp3) is 0.906. The molecule has 4 nitrogen and oxygen atoms in total. The molecule has 0 heterocycles. The van der Waals surface area contributed by atoms with Crippen molar-refractivity contribution < 1.29 is 19.0 Å². The van der Waals surface area contributed by atoms with Crippen LogP contribution in [0.3, 0.4) is 0 Å². The molecule has 0 saturated heterocycles. The lowest BCUT2D eigenvalue weighted by Gasteiger charge is -2.17. The van der Waals surface area contributed by atoms with Gasteiger partial charge in [0, 0.05) is 12.2 Å². The first kappa shape index (κ1) is 35.1. The highest BCUT2D eigenvalue weighted by molar-refractivity contribution is 5.86. The third-order valence-corrected chi connectivity index (χ3v) is 6.97. The molecule has 0 bridgehead atoms. The van der Waals surface area contributed by atoms with Gasteiger partial charge in [0.25, 0.3) is 0 Å². The van der Waals surface area contributed by atoms with Crippen LogP contribution in [0.5, 0.6) is 0 Å². The zero-order valence-electron chi connectivity index (χ0n) is 24.6. The quantitative estimate of drug-likeness (QED) is 0.0571. The van der Waals surface area contributed by atoms with Gasteiger partial charge in [-0.1, -0.05) is 136 Å². The third kappa shape index (κ3) is 26.2. The van der Waals surface area contributed by atoms with E-state index in [9.17, 15) is 4.79 Å². The molecule has 0 aromatic rings. The van der Waals surface area contributed by atoms with Crippen molar-refractivity contribution in [1.29, 1.82) is 0 Å². The van der Waals surface area contributed by atoms with Gasteiger partial charge in [0.15, 0.2) is 0 Å². The Morgan fingerprint density at radius 3 is 1.42 bits per heavy atom. The van der Waals surface area contributed by atoms with Gasteiger partial charge in [-0.2, -0.15) is 0 Å². The topological polar surface area (TPSA) is 44.8 Å². The summed E-state index contributed by atoms with van der Waals surface area (Å²) in [5.74, 6) is 0.321. The highest BCUT2D eigenvalue weighted by atomic mass is 16.6. The lowest BCUT2D eigenvalue weighted by atomic mass is 9.94. The van der Waals surface area contributed by atoms with E-state index in [0.29, 0.717) is 31.3 Å². The largest absolute Gasteiger partial charge is 0.460 e. The van der Waals surface area contributed by atoms with Crippen molar-refractivity contribution in [2.45, 2.75) is 149 Å². The predicted octanol–water partition coefficient (Wildman–Crippen LogP) is 9.60. The molecule has 1 unspecified atom stereocenters. The lowest BCUT2D eigenvalue weighted by Crippen LogP contribution is -2.15. The van der Waals surface area contributed by atoms with Crippen LogP contribution in [-0.2, 0) is 19.0 Å². The maximum absolute atomic E-state index is 11.3. The van der Waals surface area contributed by atoms with Crippen LogP contribution in [0.2, 0.25) is 0 Å². The van der Waals surface area contributed by atoms with Gasteiger partial charge in [0.2, 0.25) is 0 Å². The molecule has 0 saturated carbocycles. The zero-order chi connectivity index (χ0) is 26.5. The van der Waals surface area contributed by atoms with E-state index in [2.05, 4.69) is 20.4 Å². The molecule has 0 aromatic carbocycles. The standard InChI is InChI=1S/C32H62O4/c1-5-7-9-11-13-15-16-18-20-22-24-31(23-21-19-17-14-12-10-8-6-2)29-35-26-25-34-27-28-36-32(33)30(3)4/h31H,3,5-29H2,1-2,4H3.